The highest BCUT2D eigenvalue weighted by Crippen LogP contribution is 1.81. The van der Waals surface area contributed by atoms with Crippen molar-refractivity contribution in [2.45, 2.75) is 0 Å². The Labute approximate surface area is 59.6 Å². The molecule has 4 nitrogen and oxygen atoms in total. The lowest BCUT2D eigenvalue weighted by atomic mass is 11.8. The molecular weight excluding hydrogens is 172 g/mol. The van der Waals surface area contributed by atoms with Gasteiger partial charge in [-0.3, -0.25) is 13.9 Å². The number of carbonyl (C=O) groups excluding carboxylic acids is 1. The van der Waals surface area contributed by atoms with E-state index in [1.54, 1.807) is 0 Å². The molecule has 0 spiro atoms. The van der Waals surface area contributed by atoms with E-state index in [1.807, 2.05) is 0 Å². The molecule has 0 fully saturated rings. The maximum atomic E-state index is 9.17. The SMILES string of the molecule is O=C(S)S.O=S(O)O. The van der Waals surface area contributed by atoms with E-state index >= 15 is 0 Å². The summed E-state index contributed by atoms with van der Waals surface area (Å²) in [5, 5.41) is 0. The molecule has 0 radical (unpaired) electrons. The van der Waals surface area contributed by atoms with Crippen molar-refractivity contribution in [1.82, 2.24) is 0 Å². The molecule has 0 bridgehead atoms. The quantitative estimate of drug-likeness (QED) is 0.323. The van der Waals surface area contributed by atoms with Crippen molar-refractivity contribution in [3.05, 3.63) is 0 Å². The van der Waals surface area contributed by atoms with Crippen molar-refractivity contribution in [3.8, 4) is 0 Å². The fourth-order valence-electron chi connectivity index (χ4n) is 0. The van der Waals surface area contributed by atoms with E-state index < -0.39 is 15.8 Å². The molecule has 7 heteroatoms. The Balaban J connectivity index is 0. The number of rotatable bonds is 0. The molecule has 0 aliphatic heterocycles. The Hall–Kier alpha value is 0.440. The molecule has 0 saturated heterocycles. The van der Waals surface area contributed by atoms with Gasteiger partial charge in [0.05, 0.1) is 0 Å². The van der Waals surface area contributed by atoms with Crippen LogP contribution in [0, 0.1) is 0 Å². The van der Waals surface area contributed by atoms with Crippen molar-refractivity contribution < 1.29 is 18.1 Å². The zero-order valence-electron chi connectivity index (χ0n) is 3.51. The van der Waals surface area contributed by atoms with Crippen LogP contribution in [0.3, 0.4) is 0 Å². The zero-order valence-corrected chi connectivity index (χ0v) is 6.12. The zero-order chi connectivity index (χ0) is 7.15. The van der Waals surface area contributed by atoms with Crippen LogP contribution in [0.25, 0.3) is 0 Å². The maximum Gasteiger partial charge on any atom is 0.299 e. The topological polar surface area (TPSA) is 74.6 Å². The summed E-state index contributed by atoms with van der Waals surface area (Å²) in [5.41, 5.74) is 0. The Kier molecular flexibility index (Phi) is 10.5. The third-order valence-electron chi connectivity index (χ3n) is 0. The number of hydrogen-bond acceptors (Lipinski definition) is 2. The van der Waals surface area contributed by atoms with E-state index in [1.165, 1.54) is 0 Å². The molecule has 0 aromatic rings. The minimum absolute atomic E-state index is 0.444. The molecule has 0 saturated carbocycles. The summed E-state index contributed by atoms with van der Waals surface area (Å²) in [4.78, 5) is 9.17. The highest BCUT2D eigenvalue weighted by molar-refractivity contribution is 8.23. The fourth-order valence-corrected chi connectivity index (χ4v) is 0. The number of carbonyl (C=O) groups is 1. The van der Waals surface area contributed by atoms with Gasteiger partial charge in [0.2, 0.25) is 4.45 Å². The third-order valence-corrected chi connectivity index (χ3v) is 0. The summed E-state index contributed by atoms with van der Waals surface area (Å²) >= 11 is 3.77. The lowest BCUT2D eigenvalue weighted by Gasteiger charge is -1.59. The summed E-state index contributed by atoms with van der Waals surface area (Å²) in [6.07, 6.45) is 0. The molecule has 0 aromatic carbocycles. The molecule has 8 heavy (non-hydrogen) atoms. The van der Waals surface area contributed by atoms with Crippen LogP contribution < -0.4 is 0 Å². The summed E-state index contributed by atoms with van der Waals surface area (Å²) in [7, 11) is 0. The summed E-state index contributed by atoms with van der Waals surface area (Å²) in [6, 6.07) is 0. The fraction of sp³-hybridized carbons (Fsp3) is 0. The van der Waals surface area contributed by atoms with Gasteiger partial charge in [-0.1, -0.05) is 25.3 Å². The van der Waals surface area contributed by atoms with Crippen molar-refractivity contribution >= 4 is 41.1 Å². The van der Waals surface area contributed by atoms with E-state index in [0.717, 1.165) is 0 Å². The smallest absolute Gasteiger partial charge is 0.284 e. The molecule has 0 unspecified atom stereocenters. The molecule has 2 N–H and O–H groups in total. The van der Waals surface area contributed by atoms with Gasteiger partial charge in [-0.05, 0) is 0 Å². The average Bonchev–Trinajstić information content (AvgIpc) is 1.25. The normalized spacial score (nSPS) is 7.62. The van der Waals surface area contributed by atoms with Gasteiger partial charge >= 0.3 is 0 Å². The third kappa shape index (κ3) is 984. The predicted molar refractivity (Wildman–Crippen MR) is 36.8 cm³/mol. The van der Waals surface area contributed by atoms with Gasteiger partial charge in [0.25, 0.3) is 11.4 Å². The molecule has 0 aliphatic carbocycles. The minimum Gasteiger partial charge on any atom is -0.284 e. The molecule has 0 heterocycles. The van der Waals surface area contributed by atoms with Crippen LogP contribution in [0.15, 0.2) is 0 Å². The Morgan fingerprint density at radius 3 is 1.38 bits per heavy atom. The first-order valence-electron chi connectivity index (χ1n) is 1.18. The van der Waals surface area contributed by atoms with E-state index in [2.05, 4.69) is 25.3 Å². The van der Waals surface area contributed by atoms with Gasteiger partial charge in [-0.15, -0.1) is 0 Å². The van der Waals surface area contributed by atoms with Gasteiger partial charge in [0.15, 0.2) is 0 Å². The van der Waals surface area contributed by atoms with Crippen molar-refractivity contribution in [3.63, 3.8) is 0 Å². The first kappa shape index (κ1) is 11.3. The Bertz CT molecular complexity index is 69.3. The summed E-state index contributed by atoms with van der Waals surface area (Å²) in [5.74, 6) is 0. The van der Waals surface area contributed by atoms with E-state index in [4.69, 9.17) is 13.3 Å². The van der Waals surface area contributed by atoms with Gasteiger partial charge in [0.1, 0.15) is 0 Å². The molecule has 0 amide bonds. The van der Waals surface area contributed by atoms with Crippen LogP contribution in [0.2, 0.25) is 0 Å². The van der Waals surface area contributed by atoms with Crippen LogP contribution >= 0.6 is 25.3 Å². The maximum absolute atomic E-state index is 9.17. The summed E-state index contributed by atoms with van der Waals surface area (Å²) < 4.78 is 22.4. The standard InChI is InChI=1S/CH2OS2.H2O3S/c2-1(3)4;1-4(2)3/h(H2,2,3,4);(H2,1,2,3). The molecular formula is CH4O4S3. The first-order chi connectivity index (χ1) is 3.46. The van der Waals surface area contributed by atoms with Gasteiger partial charge in [0, 0.05) is 0 Å². The highest BCUT2D eigenvalue weighted by Gasteiger charge is 1.65. The van der Waals surface area contributed by atoms with Crippen LogP contribution in [-0.2, 0) is 11.4 Å². The van der Waals surface area contributed by atoms with Crippen LogP contribution in [0.1, 0.15) is 0 Å². The number of hydrogen-bond donors (Lipinski definition) is 4. The van der Waals surface area contributed by atoms with Gasteiger partial charge in [-0.25, -0.2) is 0 Å². The summed E-state index contributed by atoms with van der Waals surface area (Å²) in [6.45, 7) is 0. The highest BCUT2D eigenvalue weighted by atomic mass is 32.2. The van der Waals surface area contributed by atoms with Crippen LogP contribution in [0.4, 0.5) is 4.79 Å². The van der Waals surface area contributed by atoms with Crippen LogP contribution in [-0.4, -0.2) is 17.8 Å². The molecule has 50 valence electrons. The van der Waals surface area contributed by atoms with Crippen molar-refractivity contribution in [1.29, 1.82) is 0 Å². The molecule has 0 atom stereocenters. The second kappa shape index (κ2) is 7.44. The largest absolute Gasteiger partial charge is 0.299 e. The Morgan fingerprint density at radius 1 is 1.38 bits per heavy atom. The van der Waals surface area contributed by atoms with Gasteiger partial charge < -0.3 is 0 Å². The second-order valence-electron chi connectivity index (χ2n) is 0.513. The van der Waals surface area contributed by atoms with E-state index in [0.29, 0.717) is 0 Å². The molecule has 0 aliphatic rings. The van der Waals surface area contributed by atoms with Crippen LogP contribution in [0.5, 0.6) is 0 Å². The van der Waals surface area contributed by atoms with Gasteiger partial charge in [-0.2, -0.15) is 4.21 Å². The second-order valence-corrected chi connectivity index (χ2v) is 2.14. The predicted octanol–water partition coefficient (Wildman–Crippen LogP) is 0.647. The monoisotopic (exact) mass is 176 g/mol. The van der Waals surface area contributed by atoms with E-state index in [9.17, 15) is 4.79 Å². The average molecular weight is 176 g/mol. The van der Waals surface area contributed by atoms with Crippen molar-refractivity contribution in [2.24, 2.45) is 0 Å². The Morgan fingerprint density at radius 2 is 1.38 bits per heavy atom. The number of thiol groups is 2. The lowest BCUT2D eigenvalue weighted by Crippen LogP contribution is -1.74. The molecule has 0 rings (SSSR count). The molecule has 0 aromatic heterocycles. The minimum atomic E-state index is -2.61. The lowest BCUT2D eigenvalue weighted by molar-refractivity contribution is 0.277. The van der Waals surface area contributed by atoms with Crippen molar-refractivity contribution in [2.75, 3.05) is 0 Å². The van der Waals surface area contributed by atoms with E-state index in [-0.39, 0.29) is 0 Å². The first-order valence-corrected chi connectivity index (χ1v) is 3.14.